The van der Waals surface area contributed by atoms with E-state index in [1.165, 1.54) is 11.3 Å². The molecule has 0 aliphatic rings. The highest BCUT2D eigenvalue weighted by Gasteiger charge is 2.08. The lowest BCUT2D eigenvalue weighted by atomic mass is 10.2. The summed E-state index contributed by atoms with van der Waals surface area (Å²) < 4.78 is 1.82. The van der Waals surface area contributed by atoms with E-state index in [9.17, 15) is 4.79 Å². The first kappa shape index (κ1) is 13.4. The minimum absolute atomic E-state index is 0.168. The van der Waals surface area contributed by atoms with Crippen molar-refractivity contribution in [2.75, 3.05) is 0 Å². The van der Waals surface area contributed by atoms with E-state index in [-0.39, 0.29) is 5.91 Å². The molecule has 106 valence electrons. The van der Waals surface area contributed by atoms with Crippen molar-refractivity contribution >= 4 is 17.2 Å². The van der Waals surface area contributed by atoms with Gasteiger partial charge in [0.25, 0.3) is 5.91 Å². The highest BCUT2D eigenvalue weighted by atomic mass is 32.1. The van der Waals surface area contributed by atoms with Crippen LogP contribution in [0.25, 0.3) is 5.82 Å². The van der Waals surface area contributed by atoms with Crippen LogP contribution in [0, 0.1) is 6.92 Å². The number of nitrogens with zero attached hydrogens (tertiary/aromatic N) is 4. The van der Waals surface area contributed by atoms with E-state index in [1.807, 2.05) is 29.8 Å². The van der Waals surface area contributed by atoms with Gasteiger partial charge in [0.2, 0.25) is 0 Å². The zero-order valence-corrected chi connectivity index (χ0v) is 12.2. The summed E-state index contributed by atoms with van der Waals surface area (Å²) in [5, 5.41) is 5.46. The van der Waals surface area contributed by atoms with Crippen molar-refractivity contribution in [3.8, 4) is 5.82 Å². The monoisotopic (exact) mass is 299 g/mol. The van der Waals surface area contributed by atoms with Crippen LogP contribution in [0.15, 0.2) is 42.4 Å². The highest BCUT2D eigenvalue weighted by molar-refractivity contribution is 7.09. The average molecular weight is 299 g/mol. The van der Waals surface area contributed by atoms with Crippen molar-refractivity contribution in [3.05, 3.63) is 58.7 Å². The van der Waals surface area contributed by atoms with Crippen LogP contribution in [-0.4, -0.2) is 25.4 Å². The van der Waals surface area contributed by atoms with Crippen LogP contribution in [0.2, 0.25) is 0 Å². The number of rotatable bonds is 4. The molecule has 0 atom stereocenters. The lowest BCUT2D eigenvalue weighted by Crippen LogP contribution is -2.23. The Morgan fingerprint density at radius 1 is 1.43 bits per heavy atom. The Morgan fingerprint density at radius 3 is 2.95 bits per heavy atom. The fraction of sp³-hybridized carbons (Fsp3) is 0.143. The second-order valence-electron chi connectivity index (χ2n) is 4.43. The molecule has 3 heterocycles. The fourth-order valence-corrected chi connectivity index (χ4v) is 2.40. The van der Waals surface area contributed by atoms with Gasteiger partial charge in [-0.15, -0.1) is 11.3 Å². The summed E-state index contributed by atoms with van der Waals surface area (Å²) in [5.74, 6) is 0.621. The number of hydrogen-bond acceptors (Lipinski definition) is 5. The third kappa shape index (κ3) is 3.14. The molecule has 0 aromatic carbocycles. The molecule has 0 fully saturated rings. The van der Waals surface area contributed by atoms with E-state index in [4.69, 9.17) is 0 Å². The Kier molecular flexibility index (Phi) is 3.74. The van der Waals surface area contributed by atoms with Crippen molar-refractivity contribution in [3.63, 3.8) is 0 Å². The summed E-state index contributed by atoms with van der Waals surface area (Å²) in [4.78, 5) is 24.3. The van der Waals surface area contributed by atoms with Gasteiger partial charge in [-0.05, 0) is 18.6 Å². The van der Waals surface area contributed by atoms with Crippen molar-refractivity contribution in [1.29, 1.82) is 0 Å². The number of pyridine rings is 1. The molecule has 1 N–H and O–H groups in total. The first-order valence-corrected chi connectivity index (χ1v) is 7.24. The predicted molar refractivity (Wildman–Crippen MR) is 79.4 cm³/mol. The number of aryl methyl sites for hydroxylation is 1. The maximum Gasteiger partial charge on any atom is 0.271 e. The molecule has 3 aromatic rings. The van der Waals surface area contributed by atoms with Gasteiger partial charge in [0.15, 0.2) is 0 Å². The van der Waals surface area contributed by atoms with Crippen molar-refractivity contribution in [2.24, 2.45) is 0 Å². The maximum absolute atomic E-state index is 11.9. The van der Waals surface area contributed by atoms with Crippen LogP contribution in [-0.2, 0) is 6.54 Å². The predicted octanol–water partition coefficient (Wildman–Crippen LogP) is 1.96. The van der Waals surface area contributed by atoms with Gasteiger partial charge in [0.05, 0.1) is 5.01 Å². The number of amides is 1. The number of imidazole rings is 1. The molecule has 0 saturated carbocycles. The van der Waals surface area contributed by atoms with E-state index >= 15 is 0 Å². The first-order chi connectivity index (χ1) is 10.2. The molecule has 0 spiro atoms. The molecule has 0 aliphatic heterocycles. The standard InChI is InChI=1S/C14H13N5OS/c1-10-18-12(8-21-10)14(20)17-7-11-2-3-13(16-6-11)19-5-4-15-9-19/h2-6,8-9H,7H2,1H3,(H,17,20). The molecule has 0 bridgehead atoms. The molecule has 0 saturated heterocycles. The summed E-state index contributed by atoms with van der Waals surface area (Å²) in [6.07, 6.45) is 6.95. The smallest absolute Gasteiger partial charge is 0.271 e. The van der Waals surface area contributed by atoms with E-state index < -0.39 is 0 Å². The number of carbonyl (C=O) groups is 1. The number of nitrogens with one attached hydrogen (secondary N) is 1. The van der Waals surface area contributed by atoms with Gasteiger partial charge in [-0.2, -0.15) is 0 Å². The second kappa shape index (κ2) is 5.84. The number of thiazole rings is 1. The molecule has 21 heavy (non-hydrogen) atoms. The Morgan fingerprint density at radius 2 is 2.33 bits per heavy atom. The molecule has 0 radical (unpaired) electrons. The largest absolute Gasteiger partial charge is 0.347 e. The molecular weight excluding hydrogens is 286 g/mol. The summed E-state index contributed by atoms with van der Waals surface area (Å²) in [7, 11) is 0. The van der Waals surface area contributed by atoms with E-state index in [0.717, 1.165) is 16.4 Å². The lowest BCUT2D eigenvalue weighted by molar-refractivity contribution is 0.0946. The maximum atomic E-state index is 11.9. The zero-order valence-electron chi connectivity index (χ0n) is 11.4. The van der Waals surface area contributed by atoms with Crippen LogP contribution in [0.1, 0.15) is 21.1 Å². The second-order valence-corrected chi connectivity index (χ2v) is 5.49. The SMILES string of the molecule is Cc1nc(C(=O)NCc2ccc(-n3ccnc3)nc2)cs1. The van der Waals surface area contributed by atoms with Gasteiger partial charge in [0, 0.05) is 30.5 Å². The third-order valence-electron chi connectivity index (χ3n) is 2.88. The van der Waals surface area contributed by atoms with Crippen molar-refractivity contribution in [1.82, 2.24) is 24.8 Å². The van der Waals surface area contributed by atoms with Crippen molar-refractivity contribution in [2.45, 2.75) is 13.5 Å². The normalized spacial score (nSPS) is 10.5. The third-order valence-corrected chi connectivity index (χ3v) is 3.66. The highest BCUT2D eigenvalue weighted by Crippen LogP contribution is 2.08. The molecule has 3 rings (SSSR count). The van der Waals surface area contributed by atoms with E-state index in [2.05, 4.69) is 20.3 Å². The van der Waals surface area contributed by atoms with Crippen molar-refractivity contribution < 1.29 is 4.79 Å². The molecule has 1 amide bonds. The first-order valence-electron chi connectivity index (χ1n) is 6.36. The quantitative estimate of drug-likeness (QED) is 0.799. The van der Waals surface area contributed by atoms with Crippen LogP contribution in [0.5, 0.6) is 0 Å². The lowest BCUT2D eigenvalue weighted by Gasteiger charge is -2.05. The average Bonchev–Trinajstić information content (AvgIpc) is 3.16. The molecule has 7 heteroatoms. The van der Waals surface area contributed by atoms with Crippen LogP contribution in [0.4, 0.5) is 0 Å². The minimum Gasteiger partial charge on any atom is -0.347 e. The Labute approximate surface area is 125 Å². The molecule has 0 unspecified atom stereocenters. The van der Waals surface area contributed by atoms with Crippen LogP contribution >= 0.6 is 11.3 Å². The van der Waals surface area contributed by atoms with Gasteiger partial charge in [0.1, 0.15) is 17.8 Å². The van der Waals surface area contributed by atoms with Crippen LogP contribution in [0.3, 0.4) is 0 Å². The molecule has 6 nitrogen and oxygen atoms in total. The summed E-state index contributed by atoms with van der Waals surface area (Å²) in [6, 6.07) is 3.81. The van der Waals surface area contributed by atoms with Crippen LogP contribution < -0.4 is 5.32 Å². The summed E-state index contributed by atoms with van der Waals surface area (Å²) in [5.41, 5.74) is 1.39. The van der Waals surface area contributed by atoms with Gasteiger partial charge < -0.3 is 5.32 Å². The molecule has 0 aliphatic carbocycles. The topological polar surface area (TPSA) is 72.7 Å². The zero-order chi connectivity index (χ0) is 14.7. The summed E-state index contributed by atoms with van der Waals surface area (Å²) >= 11 is 1.46. The minimum atomic E-state index is -0.168. The van der Waals surface area contributed by atoms with Gasteiger partial charge in [-0.3, -0.25) is 9.36 Å². The Balaban J connectivity index is 1.62. The number of carbonyl (C=O) groups excluding carboxylic acids is 1. The van der Waals surface area contributed by atoms with Gasteiger partial charge in [-0.25, -0.2) is 15.0 Å². The van der Waals surface area contributed by atoms with Gasteiger partial charge in [-0.1, -0.05) is 6.07 Å². The number of aromatic nitrogens is 4. The van der Waals surface area contributed by atoms with E-state index in [1.54, 1.807) is 24.1 Å². The molecule has 3 aromatic heterocycles. The Hall–Kier alpha value is -2.54. The Bertz CT molecular complexity index is 733. The molecular formula is C14H13N5OS. The van der Waals surface area contributed by atoms with Gasteiger partial charge >= 0.3 is 0 Å². The fourth-order valence-electron chi connectivity index (χ4n) is 1.81. The summed E-state index contributed by atoms with van der Waals surface area (Å²) in [6.45, 7) is 2.30. The number of hydrogen-bond donors (Lipinski definition) is 1. The van der Waals surface area contributed by atoms with E-state index in [0.29, 0.717) is 12.2 Å².